The maximum absolute atomic E-state index is 3.82. The van der Waals surface area contributed by atoms with Crippen LogP contribution < -0.4 is 0 Å². The first-order valence-electron chi connectivity index (χ1n) is 3.95. The number of hydrogen-bond donors (Lipinski definition) is 0. The Morgan fingerprint density at radius 3 is 2.40 bits per heavy atom. The summed E-state index contributed by atoms with van der Waals surface area (Å²) in [6.07, 6.45) is 4.33. The van der Waals surface area contributed by atoms with Crippen molar-refractivity contribution in [3.63, 3.8) is 0 Å². The van der Waals surface area contributed by atoms with Crippen molar-refractivity contribution < 1.29 is 0 Å². The summed E-state index contributed by atoms with van der Waals surface area (Å²) in [6, 6.07) is 0. The Bertz CT molecular complexity index is 149. The lowest BCUT2D eigenvalue weighted by Crippen LogP contribution is -2.34. The minimum atomic E-state index is 0.399. The van der Waals surface area contributed by atoms with E-state index in [0.717, 1.165) is 16.7 Å². The molecule has 2 bridgehead atoms. The fourth-order valence-corrected chi connectivity index (χ4v) is 4.12. The van der Waals surface area contributed by atoms with E-state index in [1.54, 1.807) is 0 Å². The average Bonchev–Trinajstić information content (AvgIpc) is 2.37. The van der Waals surface area contributed by atoms with Gasteiger partial charge in [-0.2, -0.15) is 0 Å². The summed E-state index contributed by atoms with van der Waals surface area (Å²) in [4.78, 5) is 0.721. The van der Waals surface area contributed by atoms with E-state index < -0.39 is 0 Å². The Labute approximate surface area is 79.0 Å². The third-order valence-electron chi connectivity index (χ3n) is 3.22. The molecule has 2 heteroatoms. The molecule has 0 aromatic heterocycles. The molecular formula is C8H12Br2. The predicted octanol–water partition coefficient (Wildman–Crippen LogP) is 3.33. The van der Waals surface area contributed by atoms with Gasteiger partial charge in [0.05, 0.1) is 0 Å². The van der Waals surface area contributed by atoms with Crippen molar-refractivity contribution in [1.29, 1.82) is 0 Å². The van der Waals surface area contributed by atoms with E-state index in [9.17, 15) is 0 Å². The first-order valence-corrected chi connectivity index (χ1v) is 5.66. The fraction of sp³-hybridized carbons (Fsp3) is 1.00. The zero-order valence-electron chi connectivity index (χ0n) is 6.11. The number of hydrogen-bond acceptors (Lipinski definition) is 0. The number of alkyl halides is 2. The molecule has 0 amide bonds. The lowest BCUT2D eigenvalue weighted by molar-refractivity contribution is 0.421. The second-order valence-corrected chi connectivity index (χ2v) is 6.52. The molecule has 58 valence electrons. The van der Waals surface area contributed by atoms with E-state index in [4.69, 9.17) is 0 Å². The Morgan fingerprint density at radius 1 is 1.40 bits per heavy atom. The molecule has 0 spiro atoms. The molecular weight excluding hydrogens is 256 g/mol. The third-order valence-corrected chi connectivity index (χ3v) is 6.68. The number of rotatable bonds is 0. The molecule has 0 aromatic rings. The zero-order chi connectivity index (χ0) is 7.35. The van der Waals surface area contributed by atoms with Crippen molar-refractivity contribution in [2.45, 2.75) is 35.3 Å². The molecule has 0 radical (unpaired) electrons. The van der Waals surface area contributed by atoms with Gasteiger partial charge in [-0.15, -0.1) is 0 Å². The molecule has 0 nitrogen and oxygen atoms in total. The van der Waals surface area contributed by atoms with Crippen LogP contribution in [0.15, 0.2) is 0 Å². The summed E-state index contributed by atoms with van der Waals surface area (Å²) in [6.45, 7) is 2.33. The van der Waals surface area contributed by atoms with Crippen LogP contribution in [0.1, 0.15) is 26.2 Å². The highest BCUT2D eigenvalue weighted by Gasteiger charge is 2.52. The molecule has 2 fully saturated rings. The van der Waals surface area contributed by atoms with E-state index in [1.165, 1.54) is 19.3 Å². The molecule has 2 saturated carbocycles. The van der Waals surface area contributed by atoms with Crippen LogP contribution >= 0.6 is 31.9 Å². The second kappa shape index (κ2) is 2.22. The zero-order valence-corrected chi connectivity index (χ0v) is 9.28. The molecule has 4 unspecified atom stereocenters. The third kappa shape index (κ3) is 0.842. The summed E-state index contributed by atoms with van der Waals surface area (Å²) >= 11 is 7.59. The summed E-state index contributed by atoms with van der Waals surface area (Å²) in [5.41, 5.74) is 0. The van der Waals surface area contributed by atoms with Gasteiger partial charge in [0.25, 0.3) is 0 Å². The second-order valence-electron chi connectivity index (χ2n) is 3.82. The molecule has 0 saturated heterocycles. The molecule has 0 N–H and O–H groups in total. The van der Waals surface area contributed by atoms with Crippen LogP contribution in [0.4, 0.5) is 0 Å². The normalized spacial score (nSPS) is 59.7. The summed E-state index contributed by atoms with van der Waals surface area (Å²) in [5, 5.41) is 0. The Morgan fingerprint density at radius 2 is 2.10 bits per heavy atom. The highest BCUT2D eigenvalue weighted by Crippen LogP contribution is 2.57. The first kappa shape index (κ1) is 7.60. The molecule has 0 aromatic carbocycles. The molecule has 0 heterocycles. The van der Waals surface area contributed by atoms with E-state index in [-0.39, 0.29) is 0 Å². The van der Waals surface area contributed by atoms with Crippen molar-refractivity contribution in [2.24, 2.45) is 11.8 Å². The van der Waals surface area contributed by atoms with Crippen LogP contribution in [0.2, 0.25) is 0 Å². The standard InChI is InChI=1S/C8H12Br2/c1-8(10)6-3-2-5(4-6)7(8)9/h5-7H,2-4H2,1H3. The largest absolute Gasteiger partial charge is 0.0872 e. The minimum Gasteiger partial charge on any atom is -0.0872 e. The van der Waals surface area contributed by atoms with Crippen LogP contribution in [-0.4, -0.2) is 9.15 Å². The Kier molecular flexibility index (Phi) is 1.69. The highest BCUT2D eigenvalue weighted by molar-refractivity contribution is 9.12. The van der Waals surface area contributed by atoms with Gasteiger partial charge in [-0.25, -0.2) is 0 Å². The molecule has 10 heavy (non-hydrogen) atoms. The van der Waals surface area contributed by atoms with Crippen LogP contribution in [0.5, 0.6) is 0 Å². The van der Waals surface area contributed by atoms with E-state index in [0.29, 0.717) is 4.32 Å². The molecule has 0 aliphatic heterocycles. The Balaban J connectivity index is 2.25. The lowest BCUT2D eigenvalue weighted by Gasteiger charge is -2.32. The van der Waals surface area contributed by atoms with Gasteiger partial charge in [0.2, 0.25) is 0 Å². The SMILES string of the molecule is CC1(Br)C2CCC(C2)C1Br. The maximum atomic E-state index is 3.82. The molecule has 2 aliphatic rings. The fourth-order valence-electron chi connectivity index (χ4n) is 2.48. The average molecular weight is 268 g/mol. The Hall–Kier alpha value is 0.960. The van der Waals surface area contributed by atoms with Crippen LogP contribution in [0.3, 0.4) is 0 Å². The smallest absolute Gasteiger partial charge is 0.0385 e. The first-order chi connectivity index (χ1) is 4.62. The number of halogens is 2. The van der Waals surface area contributed by atoms with Crippen molar-refractivity contribution in [1.82, 2.24) is 0 Å². The van der Waals surface area contributed by atoms with Crippen LogP contribution in [0, 0.1) is 11.8 Å². The van der Waals surface area contributed by atoms with Gasteiger partial charge in [-0.1, -0.05) is 31.9 Å². The van der Waals surface area contributed by atoms with E-state index in [1.807, 2.05) is 0 Å². The van der Waals surface area contributed by atoms with Gasteiger partial charge in [-0.3, -0.25) is 0 Å². The summed E-state index contributed by atoms with van der Waals surface area (Å²) in [5.74, 6) is 1.89. The van der Waals surface area contributed by atoms with E-state index in [2.05, 4.69) is 38.8 Å². The number of fused-ring (bicyclic) bond motifs is 2. The van der Waals surface area contributed by atoms with Gasteiger partial charge in [0.15, 0.2) is 0 Å². The van der Waals surface area contributed by atoms with Gasteiger partial charge in [0, 0.05) is 9.15 Å². The van der Waals surface area contributed by atoms with Crippen molar-refractivity contribution in [3.8, 4) is 0 Å². The van der Waals surface area contributed by atoms with Gasteiger partial charge in [-0.05, 0) is 38.0 Å². The summed E-state index contributed by atoms with van der Waals surface area (Å²) in [7, 11) is 0. The van der Waals surface area contributed by atoms with Crippen molar-refractivity contribution in [3.05, 3.63) is 0 Å². The van der Waals surface area contributed by atoms with Gasteiger partial charge >= 0.3 is 0 Å². The minimum absolute atomic E-state index is 0.399. The van der Waals surface area contributed by atoms with Gasteiger partial charge < -0.3 is 0 Å². The molecule has 4 atom stereocenters. The molecule has 2 rings (SSSR count). The lowest BCUT2D eigenvalue weighted by atomic mass is 9.90. The maximum Gasteiger partial charge on any atom is 0.0385 e. The van der Waals surface area contributed by atoms with Crippen molar-refractivity contribution in [2.75, 3.05) is 0 Å². The van der Waals surface area contributed by atoms with Gasteiger partial charge in [0.1, 0.15) is 0 Å². The van der Waals surface area contributed by atoms with E-state index >= 15 is 0 Å². The highest BCUT2D eigenvalue weighted by atomic mass is 79.9. The summed E-state index contributed by atoms with van der Waals surface area (Å²) < 4.78 is 0.399. The molecule has 2 aliphatic carbocycles. The topological polar surface area (TPSA) is 0 Å². The monoisotopic (exact) mass is 266 g/mol. The van der Waals surface area contributed by atoms with Crippen LogP contribution in [-0.2, 0) is 0 Å². The predicted molar refractivity (Wildman–Crippen MR) is 50.9 cm³/mol. The quantitative estimate of drug-likeness (QED) is 0.591. The van der Waals surface area contributed by atoms with Crippen LogP contribution in [0.25, 0.3) is 0 Å². The van der Waals surface area contributed by atoms with Crippen molar-refractivity contribution >= 4 is 31.9 Å².